The van der Waals surface area contributed by atoms with Crippen molar-refractivity contribution in [2.45, 2.75) is 31.3 Å². The molecule has 0 saturated carbocycles. The van der Waals surface area contributed by atoms with Crippen LogP contribution in [0.25, 0.3) is 0 Å². The number of aliphatic carboxylic acids is 1. The van der Waals surface area contributed by atoms with Gasteiger partial charge in [-0.2, -0.15) is 9.36 Å². The predicted molar refractivity (Wildman–Crippen MR) is 144 cm³/mol. The molecule has 1 aromatic carbocycles. The van der Waals surface area contributed by atoms with Gasteiger partial charge < -0.3 is 26.3 Å². The molecule has 2 atom stereocenters. The fourth-order valence-electron chi connectivity index (χ4n) is 4.94. The van der Waals surface area contributed by atoms with Gasteiger partial charge in [-0.15, -0.1) is 0 Å². The number of anilines is 2. The second kappa shape index (κ2) is 11.7. The Kier molecular flexibility index (Phi) is 8.52. The monoisotopic (exact) mass is 592 g/mol. The molecule has 0 spiro atoms. The van der Waals surface area contributed by atoms with Crippen LogP contribution in [0, 0.1) is 10.1 Å². The first-order chi connectivity index (χ1) is 19.1. The molecule has 0 aliphatic carbocycles. The van der Waals surface area contributed by atoms with Crippen molar-refractivity contribution in [1.29, 1.82) is 0 Å². The summed E-state index contributed by atoms with van der Waals surface area (Å²) in [6, 6.07) is 3.87. The van der Waals surface area contributed by atoms with E-state index in [0.717, 1.165) is 16.4 Å². The van der Waals surface area contributed by atoms with E-state index in [0.29, 0.717) is 11.3 Å². The molecule has 5 N–H and O–H groups in total. The number of aromatic nitrogens is 2. The Morgan fingerprint density at radius 1 is 1.29 bits per heavy atom. The van der Waals surface area contributed by atoms with Gasteiger partial charge in [0.15, 0.2) is 5.13 Å². The predicted octanol–water partition coefficient (Wildman–Crippen LogP) is -0.250. The molecule has 18 heteroatoms. The number of β-lactam (4-membered cyclic amide) rings is 1. The number of amides is 3. The number of nitrogen functional groups attached to an aromatic ring is 1. The van der Waals surface area contributed by atoms with E-state index < -0.39 is 46.4 Å². The zero-order chi connectivity index (χ0) is 28.7. The number of non-ortho nitro benzene ring substituents is 1. The summed E-state index contributed by atoms with van der Waals surface area (Å²) in [5.74, 6) is -3.66. The molecule has 41 heavy (non-hydrogen) atoms. The van der Waals surface area contributed by atoms with E-state index in [-0.39, 0.29) is 83.3 Å². The van der Waals surface area contributed by atoms with Crippen LogP contribution in [-0.2, 0) is 19.2 Å². The third kappa shape index (κ3) is 5.43. The van der Waals surface area contributed by atoms with Crippen molar-refractivity contribution in [3.05, 3.63) is 63.1 Å². The summed E-state index contributed by atoms with van der Waals surface area (Å²) in [6.07, 6.45) is 2.20. The number of carbonyl (C=O) groups is 4. The summed E-state index contributed by atoms with van der Waals surface area (Å²) < 4.78 is 3.80. The van der Waals surface area contributed by atoms with Gasteiger partial charge in [-0.05, 0) is 37.0 Å². The first-order valence-electron chi connectivity index (χ1n) is 11.8. The molecule has 1 aromatic heterocycles. The van der Waals surface area contributed by atoms with Crippen LogP contribution in [0.2, 0.25) is 0 Å². The molecule has 3 aliphatic heterocycles. The molecule has 2 saturated heterocycles. The van der Waals surface area contributed by atoms with Gasteiger partial charge in [-0.1, -0.05) is 11.2 Å². The van der Waals surface area contributed by atoms with Crippen LogP contribution in [-0.4, -0.2) is 107 Å². The Bertz CT molecular complexity index is 1570. The van der Waals surface area contributed by atoms with E-state index in [2.05, 4.69) is 19.8 Å². The molecule has 0 radical (unpaired) electrons. The number of hydrogen-bond acceptors (Lipinski definition) is 12. The molecule has 208 valence electrons. The summed E-state index contributed by atoms with van der Waals surface area (Å²) in [6.45, 7) is 0.245. The number of benzene rings is 1. The van der Waals surface area contributed by atoms with Gasteiger partial charge in [0, 0.05) is 35.8 Å². The Morgan fingerprint density at radius 3 is 2.68 bits per heavy atom. The van der Waals surface area contributed by atoms with E-state index in [1.807, 2.05) is 0 Å². The van der Waals surface area contributed by atoms with Crippen molar-refractivity contribution in [3.63, 3.8) is 0 Å². The topological polar surface area (TPSA) is 235 Å². The van der Waals surface area contributed by atoms with Crippen LogP contribution >= 0.6 is 11.5 Å². The average molecular weight is 593 g/mol. The molecule has 2 aromatic rings. The van der Waals surface area contributed by atoms with E-state index >= 15 is 0 Å². The van der Waals surface area contributed by atoms with Crippen molar-refractivity contribution in [2.75, 3.05) is 17.2 Å². The first kappa shape index (κ1) is 29.8. The Labute approximate surface area is 256 Å². The van der Waals surface area contributed by atoms with Crippen LogP contribution in [0.3, 0.4) is 0 Å². The molecule has 0 bridgehead atoms. The maximum absolute atomic E-state index is 13.1. The number of nitro benzene ring substituents is 1. The number of carbonyl (C=O) groups excluding carboxylic acids is 3. The number of rotatable bonds is 7. The van der Waals surface area contributed by atoms with Crippen molar-refractivity contribution < 1.29 is 34.4 Å². The van der Waals surface area contributed by atoms with Crippen LogP contribution < -0.4 is 16.0 Å². The minimum atomic E-state index is -1.38. The van der Waals surface area contributed by atoms with Gasteiger partial charge in [-0.25, -0.2) is 4.79 Å². The minimum absolute atomic E-state index is 0. The Hall–Kier alpha value is -4.19. The number of nitrogens with zero attached hydrogens (tertiary/aromatic N) is 6. The quantitative estimate of drug-likeness (QED) is 0.0622. The fourth-order valence-corrected chi connectivity index (χ4v) is 5.38. The Morgan fingerprint density at radius 2 is 2.05 bits per heavy atom. The summed E-state index contributed by atoms with van der Waals surface area (Å²) in [5.41, 5.74) is 5.39. The number of nitro groups is 1. The number of hydrogen-bond donors (Lipinski definition) is 4. The SMILES string of the molecule is Nc1nc(/C(=N/O)C(=O)N[C@H]2C(=O)N3C(C(=O)O)=C(C=C4CCN(c5cccc([N+](=O)[O-])c5)C4=O)CC[C@@H]23)ns1.[NaH]. The molecule has 0 unspecified atom stereocenters. The van der Waals surface area contributed by atoms with Crippen LogP contribution in [0.15, 0.2) is 52.3 Å². The van der Waals surface area contributed by atoms with Gasteiger partial charge in [0.2, 0.25) is 11.5 Å². The third-order valence-electron chi connectivity index (χ3n) is 6.76. The summed E-state index contributed by atoms with van der Waals surface area (Å²) in [7, 11) is 0. The van der Waals surface area contributed by atoms with E-state index in [9.17, 15) is 39.6 Å². The van der Waals surface area contributed by atoms with E-state index in [4.69, 9.17) is 5.73 Å². The number of nitrogens with two attached hydrogens (primary N) is 1. The standard InChI is InChI=1S/C23H20N8O8S.Na.H/c24-23-26-18(28-40-23)16(27-37)19(32)25-15-14-5-4-10(17(22(35)36)30(14)21(15)34)8-11-6-7-29(20(11)33)12-2-1-3-13(9-12)31(38)39;;/h1-3,8-9,14-15,37H,4-7H2,(H,25,32)(H,35,36)(H2,24,26,28);;/b11-8?,27-16-;;/t14-,15+;;/m0../s1. The molecule has 2 fully saturated rings. The van der Waals surface area contributed by atoms with Gasteiger partial charge in [0.25, 0.3) is 23.4 Å². The van der Waals surface area contributed by atoms with E-state index in [1.165, 1.54) is 29.2 Å². The molecule has 3 aliphatic rings. The second-order valence-corrected chi connectivity index (χ2v) is 9.79. The summed E-state index contributed by atoms with van der Waals surface area (Å²) in [4.78, 5) is 67.7. The maximum atomic E-state index is 13.1. The molecule has 16 nitrogen and oxygen atoms in total. The van der Waals surface area contributed by atoms with Crippen LogP contribution in [0.1, 0.15) is 25.1 Å². The number of allylic oxidation sites excluding steroid dienone is 2. The zero-order valence-corrected chi connectivity index (χ0v) is 21.2. The molecular formula is C23H21N8NaO8S. The fraction of sp³-hybridized carbons (Fsp3) is 0.261. The first-order valence-corrected chi connectivity index (χ1v) is 12.6. The number of carboxylic acid groups (broad SMARTS) is 1. The van der Waals surface area contributed by atoms with Crippen molar-refractivity contribution in [1.82, 2.24) is 19.6 Å². The third-order valence-corrected chi connectivity index (χ3v) is 7.30. The van der Waals surface area contributed by atoms with Crippen molar-refractivity contribution in [3.8, 4) is 0 Å². The molecule has 4 heterocycles. The second-order valence-electron chi connectivity index (χ2n) is 9.00. The van der Waals surface area contributed by atoms with Crippen LogP contribution in [0.4, 0.5) is 16.5 Å². The molecular weight excluding hydrogens is 571 g/mol. The summed E-state index contributed by atoms with van der Waals surface area (Å²) >= 11 is 0.779. The normalized spacial score (nSPS) is 21.4. The van der Waals surface area contributed by atoms with Gasteiger partial charge in [-0.3, -0.25) is 29.4 Å². The van der Waals surface area contributed by atoms with E-state index in [1.54, 1.807) is 6.07 Å². The van der Waals surface area contributed by atoms with Gasteiger partial charge >= 0.3 is 35.5 Å². The van der Waals surface area contributed by atoms with Crippen molar-refractivity contribution >= 4 is 87.0 Å². The van der Waals surface area contributed by atoms with Crippen LogP contribution in [0.5, 0.6) is 0 Å². The molecule has 5 rings (SSSR count). The Balaban J connectivity index is 0.00000387. The van der Waals surface area contributed by atoms with Gasteiger partial charge in [0.05, 0.1) is 16.7 Å². The zero-order valence-electron chi connectivity index (χ0n) is 20.4. The molecule has 3 amide bonds. The number of oxime groups is 1. The van der Waals surface area contributed by atoms with Gasteiger partial charge in [0.1, 0.15) is 11.7 Å². The number of fused-ring (bicyclic) bond motifs is 1. The number of carboxylic acids is 1. The van der Waals surface area contributed by atoms with Crippen molar-refractivity contribution in [2.24, 2.45) is 5.16 Å². The average Bonchev–Trinajstić information content (AvgIpc) is 3.52. The number of nitrogens with one attached hydrogen (secondary N) is 1. The summed E-state index contributed by atoms with van der Waals surface area (Å²) in [5, 5.41) is 35.7.